The Morgan fingerprint density at radius 3 is 2.19 bits per heavy atom. The summed E-state index contributed by atoms with van der Waals surface area (Å²) in [6.45, 7) is 2.08. The Hall–Kier alpha value is -2.02. The topological polar surface area (TPSA) is 84.0 Å². The number of carbonyl (C=O) groups excluding carboxylic acids is 4. The number of amides is 4. The van der Waals surface area contributed by atoms with Crippen LogP contribution in [0.3, 0.4) is 0 Å². The van der Waals surface area contributed by atoms with Crippen molar-refractivity contribution in [2.45, 2.75) is 45.1 Å². The van der Waals surface area contributed by atoms with Crippen LogP contribution >= 0.6 is 0 Å². The Bertz CT molecular complexity index is 466. The first-order valence-corrected chi connectivity index (χ1v) is 7.04. The lowest BCUT2D eigenvalue weighted by molar-refractivity contribution is -0.187. The Morgan fingerprint density at radius 1 is 1.05 bits per heavy atom. The summed E-state index contributed by atoms with van der Waals surface area (Å²) in [6.07, 6.45) is 4.99. The van der Waals surface area contributed by atoms with Crippen molar-refractivity contribution < 1.29 is 24.0 Å². The van der Waals surface area contributed by atoms with Gasteiger partial charge in [-0.3, -0.25) is 28.9 Å². The predicted octanol–water partition coefficient (Wildman–Crippen LogP) is 0.551. The van der Waals surface area contributed by atoms with Gasteiger partial charge < -0.3 is 0 Å². The fraction of sp³-hybridized carbons (Fsp3) is 0.571. The van der Waals surface area contributed by atoms with Gasteiger partial charge in [0.1, 0.15) is 0 Å². The van der Waals surface area contributed by atoms with Crippen LogP contribution in [0.4, 0.5) is 0 Å². The van der Waals surface area contributed by atoms with Gasteiger partial charge >= 0.3 is 0 Å². The average Bonchev–Trinajstić information content (AvgIpc) is 2.94. The molecule has 2 heterocycles. The molecule has 0 bridgehead atoms. The van der Waals surface area contributed by atoms with Crippen LogP contribution in [0, 0.1) is 0 Å². The summed E-state index contributed by atoms with van der Waals surface area (Å²) < 4.78 is 0. The van der Waals surface area contributed by atoms with Crippen LogP contribution in [-0.4, -0.2) is 46.2 Å². The number of nitrogens with zero attached hydrogens (tertiary/aromatic N) is 2. The van der Waals surface area contributed by atoms with E-state index in [9.17, 15) is 19.2 Å². The number of hydrogen-bond acceptors (Lipinski definition) is 5. The van der Waals surface area contributed by atoms with Crippen molar-refractivity contribution >= 4 is 23.6 Å². The molecular weight excluding hydrogens is 276 g/mol. The molecule has 1 atom stereocenters. The molecule has 0 aliphatic carbocycles. The summed E-state index contributed by atoms with van der Waals surface area (Å²) in [7, 11) is 0. The van der Waals surface area contributed by atoms with Crippen LogP contribution in [0.1, 0.15) is 39.0 Å². The highest BCUT2D eigenvalue weighted by molar-refractivity contribution is 6.13. The highest BCUT2D eigenvalue weighted by Gasteiger charge is 2.30. The van der Waals surface area contributed by atoms with Crippen molar-refractivity contribution in [1.82, 2.24) is 9.96 Å². The van der Waals surface area contributed by atoms with Crippen molar-refractivity contribution in [2.75, 3.05) is 6.61 Å². The van der Waals surface area contributed by atoms with Crippen molar-refractivity contribution in [3.63, 3.8) is 0 Å². The highest BCUT2D eigenvalue weighted by Crippen LogP contribution is 2.15. The van der Waals surface area contributed by atoms with Gasteiger partial charge in [0, 0.05) is 31.0 Å². The van der Waals surface area contributed by atoms with Gasteiger partial charge in [-0.05, 0) is 26.2 Å². The normalized spacial score (nSPS) is 20.0. The van der Waals surface area contributed by atoms with E-state index in [4.69, 9.17) is 4.84 Å². The van der Waals surface area contributed by atoms with E-state index in [0.29, 0.717) is 12.8 Å². The first kappa shape index (κ1) is 15.4. The minimum atomic E-state index is -0.298. The minimum Gasteiger partial charge on any atom is -0.273 e. The van der Waals surface area contributed by atoms with E-state index in [1.807, 2.05) is 6.92 Å². The smallest absolute Gasteiger partial charge is 0.253 e. The SMILES string of the molecule is CC(CCCCON1C(=O)CCC1=O)N1C(=O)C=CC1=O. The molecule has 0 radical (unpaired) electrons. The van der Waals surface area contributed by atoms with E-state index in [2.05, 4.69) is 0 Å². The van der Waals surface area contributed by atoms with Crippen LogP contribution < -0.4 is 0 Å². The quantitative estimate of drug-likeness (QED) is 0.506. The summed E-state index contributed by atoms with van der Waals surface area (Å²) in [5, 5.41) is 0.834. The lowest BCUT2D eigenvalue weighted by atomic mass is 10.1. The van der Waals surface area contributed by atoms with Crippen LogP contribution in [0.5, 0.6) is 0 Å². The molecule has 4 amide bonds. The monoisotopic (exact) mass is 294 g/mol. The molecule has 0 spiro atoms. The number of carbonyl (C=O) groups is 4. The summed E-state index contributed by atoms with van der Waals surface area (Å²) >= 11 is 0. The standard InChI is InChI=1S/C14H18N2O5/c1-10(15-11(17)5-6-12(15)18)4-2-3-9-21-16-13(19)7-8-14(16)20/h5-6,10H,2-4,7-9H2,1H3. The van der Waals surface area contributed by atoms with E-state index in [-0.39, 0.29) is 49.1 Å². The Labute approximate surface area is 122 Å². The third-order valence-corrected chi connectivity index (χ3v) is 3.53. The Morgan fingerprint density at radius 2 is 1.62 bits per heavy atom. The summed E-state index contributed by atoms with van der Waals surface area (Å²) in [5.74, 6) is -1.16. The molecule has 0 aromatic carbocycles. The second-order valence-electron chi connectivity index (χ2n) is 5.14. The Balaban J connectivity index is 1.64. The first-order valence-electron chi connectivity index (χ1n) is 7.04. The van der Waals surface area contributed by atoms with Gasteiger partial charge in [0.2, 0.25) is 0 Å². The summed E-state index contributed by atoms with van der Waals surface area (Å²) in [4.78, 5) is 51.9. The molecule has 2 rings (SSSR count). The molecule has 0 saturated carbocycles. The highest BCUT2D eigenvalue weighted by atomic mass is 16.7. The first-order chi connectivity index (χ1) is 10.0. The number of hydrogen-bond donors (Lipinski definition) is 0. The van der Waals surface area contributed by atoms with Gasteiger partial charge in [-0.15, -0.1) is 0 Å². The third-order valence-electron chi connectivity index (χ3n) is 3.53. The number of unbranched alkanes of at least 4 members (excludes halogenated alkanes) is 1. The second-order valence-corrected chi connectivity index (χ2v) is 5.14. The van der Waals surface area contributed by atoms with Gasteiger partial charge in [0.15, 0.2) is 0 Å². The van der Waals surface area contributed by atoms with Crippen molar-refractivity contribution in [3.05, 3.63) is 12.2 Å². The molecule has 0 aromatic heterocycles. The molecule has 7 heteroatoms. The molecule has 21 heavy (non-hydrogen) atoms. The molecular formula is C14H18N2O5. The second kappa shape index (κ2) is 6.62. The van der Waals surface area contributed by atoms with E-state index in [1.54, 1.807) is 0 Å². The van der Waals surface area contributed by atoms with Gasteiger partial charge in [0.25, 0.3) is 23.6 Å². The molecule has 114 valence electrons. The fourth-order valence-corrected chi connectivity index (χ4v) is 2.37. The van der Waals surface area contributed by atoms with Gasteiger partial charge in [0.05, 0.1) is 6.61 Å². The van der Waals surface area contributed by atoms with Gasteiger partial charge in [-0.2, -0.15) is 5.06 Å². The van der Waals surface area contributed by atoms with Crippen molar-refractivity contribution in [2.24, 2.45) is 0 Å². The molecule has 1 unspecified atom stereocenters. The van der Waals surface area contributed by atoms with E-state index < -0.39 is 0 Å². The van der Waals surface area contributed by atoms with Gasteiger partial charge in [-0.1, -0.05) is 0 Å². The van der Waals surface area contributed by atoms with Crippen LogP contribution in [0.15, 0.2) is 12.2 Å². The van der Waals surface area contributed by atoms with Crippen LogP contribution in [-0.2, 0) is 24.0 Å². The average molecular weight is 294 g/mol. The van der Waals surface area contributed by atoms with Crippen molar-refractivity contribution in [1.29, 1.82) is 0 Å². The maximum atomic E-state index is 11.5. The largest absolute Gasteiger partial charge is 0.273 e. The summed E-state index contributed by atoms with van der Waals surface area (Å²) in [5.41, 5.74) is 0. The fourth-order valence-electron chi connectivity index (χ4n) is 2.37. The molecule has 2 aliphatic heterocycles. The zero-order valence-corrected chi connectivity index (χ0v) is 11.9. The van der Waals surface area contributed by atoms with E-state index in [0.717, 1.165) is 11.5 Å². The molecule has 0 aromatic rings. The van der Waals surface area contributed by atoms with Gasteiger partial charge in [-0.25, -0.2) is 0 Å². The van der Waals surface area contributed by atoms with Crippen LogP contribution in [0.2, 0.25) is 0 Å². The third kappa shape index (κ3) is 3.55. The lowest BCUT2D eigenvalue weighted by Gasteiger charge is -2.22. The number of hydroxylamine groups is 2. The maximum absolute atomic E-state index is 11.5. The lowest BCUT2D eigenvalue weighted by Crippen LogP contribution is -2.38. The van der Waals surface area contributed by atoms with E-state index in [1.165, 1.54) is 17.1 Å². The minimum absolute atomic E-state index is 0.171. The van der Waals surface area contributed by atoms with Crippen LogP contribution in [0.25, 0.3) is 0 Å². The predicted molar refractivity (Wildman–Crippen MR) is 71.3 cm³/mol. The van der Waals surface area contributed by atoms with Crippen molar-refractivity contribution in [3.8, 4) is 0 Å². The number of rotatable bonds is 7. The molecule has 1 saturated heterocycles. The number of imide groups is 2. The zero-order valence-electron chi connectivity index (χ0n) is 11.9. The molecule has 7 nitrogen and oxygen atoms in total. The molecule has 0 N–H and O–H groups in total. The maximum Gasteiger partial charge on any atom is 0.253 e. The molecule has 1 fully saturated rings. The Kier molecular flexibility index (Phi) is 4.85. The molecule has 2 aliphatic rings. The van der Waals surface area contributed by atoms with E-state index >= 15 is 0 Å². The summed E-state index contributed by atoms with van der Waals surface area (Å²) in [6, 6.07) is -0.171. The zero-order chi connectivity index (χ0) is 15.4.